The predicted molar refractivity (Wildman–Crippen MR) is 221 cm³/mol. The third-order valence-corrected chi connectivity index (χ3v) is 11.6. The van der Waals surface area contributed by atoms with Crippen molar-refractivity contribution in [2.75, 3.05) is 4.90 Å². The summed E-state index contributed by atoms with van der Waals surface area (Å²) in [5.74, 6) is 0. The molecular weight excluding hydrogens is 653 g/mol. The lowest BCUT2D eigenvalue weighted by Crippen LogP contribution is -2.10. The van der Waals surface area contributed by atoms with E-state index in [9.17, 15) is 0 Å². The van der Waals surface area contributed by atoms with E-state index in [-0.39, 0.29) is 0 Å². The van der Waals surface area contributed by atoms with Crippen molar-refractivity contribution in [1.82, 2.24) is 4.57 Å². The van der Waals surface area contributed by atoms with Gasteiger partial charge in [0.15, 0.2) is 5.58 Å². The fourth-order valence-electron chi connectivity index (χ4n) is 8.06. The van der Waals surface area contributed by atoms with Gasteiger partial charge in [0, 0.05) is 64.3 Å². The fourth-order valence-corrected chi connectivity index (χ4v) is 9.28. The predicted octanol–water partition coefficient (Wildman–Crippen LogP) is 14.2. The van der Waals surface area contributed by atoms with E-state index in [2.05, 4.69) is 179 Å². The molecule has 3 nitrogen and oxygen atoms in total. The van der Waals surface area contributed by atoms with Crippen LogP contribution in [0.25, 0.3) is 80.7 Å². The Morgan fingerprint density at radius 1 is 0.462 bits per heavy atom. The summed E-state index contributed by atoms with van der Waals surface area (Å²) >= 11 is 1.87. The molecule has 0 saturated carbocycles. The second-order valence-electron chi connectivity index (χ2n) is 13.3. The van der Waals surface area contributed by atoms with Crippen molar-refractivity contribution >= 4 is 92.3 Å². The monoisotopic (exact) mass is 682 g/mol. The Hall–Kier alpha value is -6.62. The number of furan rings is 1. The van der Waals surface area contributed by atoms with Gasteiger partial charge in [-0.25, -0.2) is 0 Å². The van der Waals surface area contributed by atoms with Crippen molar-refractivity contribution in [2.45, 2.75) is 0 Å². The number of para-hydroxylation sites is 5. The highest BCUT2D eigenvalue weighted by Crippen LogP contribution is 2.45. The summed E-state index contributed by atoms with van der Waals surface area (Å²) in [7, 11) is 0. The minimum absolute atomic E-state index is 0.877. The zero-order valence-electron chi connectivity index (χ0n) is 28.0. The maximum absolute atomic E-state index is 6.54. The van der Waals surface area contributed by atoms with E-state index in [1.807, 2.05) is 23.5 Å². The first-order valence-corrected chi connectivity index (χ1v) is 18.4. The Morgan fingerprint density at radius 3 is 1.85 bits per heavy atom. The molecule has 8 aromatic carbocycles. The molecule has 0 aliphatic heterocycles. The van der Waals surface area contributed by atoms with Gasteiger partial charge in [-0.15, -0.1) is 11.3 Å². The van der Waals surface area contributed by atoms with Crippen LogP contribution in [-0.2, 0) is 0 Å². The van der Waals surface area contributed by atoms with Crippen LogP contribution >= 0.6 is 11.3 Å². The molecule has 0 bridgehead atoms. The second-order valence-corrected chi connectivity index (χ2v) is 14.4. The Kier molecular flexibility index (Phi) is 6.42. The molecule has 3 heterocycles. The maximum Gasteiger partial charge on any atom is 0.159 e. The van der Waals surface area contributed by atoms with Gasteiger partial charge in [0.25, 0.3) is 0 Å². The van der Waals surface area contributed by atoms with Crippen molar-refractivity contribution in [3.8, 4) is 16.8 Å². The lowest BCUT2D eigenvalue weighted by Gasteiger charge is -2.25. The summed E-state index contributed by atoms with van der Waals surface area (Å²) in [5.41, 5.74) is 10.9. The Bertz CT molecular complexity index is 3080. The summed E-state index contributed by atoms with van der Waals surface area (Å²) in [4.78, 5) is 2.30. The van der Waals surface area contributed by atoms with E-state index in [0.29, 0.717) is 0 Å². The van der Waals surface area contributed by atoms with Crippen molar-refractivity contribution in [3.63, 3.8) is 0 Å². The number of aromatic nitrogens is 1. The number of nitrogens with zero attached hydrogens (tertiary/aromatic N) is 2. The van der Waals surface area contributed by atoms with Crippen molar-refractivity contribution in [3.05, 3.63) is 182 Å². The van der Waals surface area contributed by atoms with Crippen LogP contribution in [0.5, 0.6) is 0 Å². The standard InChI is InChI=1S/C48H30N2OS/c1-2-13-32(14-3-1)49(44-22-12-19-39-37-17-6-10-23-45(37)51-47(39)44)33-27-25-31(26-28-33)40-29-34(30-41-38-18-7-11-24-46(38)52-48(40)41)50-42-20-8-4-15-35(42)36-16-5-9-21-43(36)50/h1-30H. The molecule has 0 atom stereocenters. The van der Waals surface area contributed by atoms with Gasteiger partial charge in [-0.2, -0.15) is 0 Å². The van der Waals surface area contributed by atoms with Crippen LogP contribution < -0.4 is 4.90 Å². The van der Waals surface area contributed by atoms with Gasteiger partial charge in [0.2, 0.25) is 0 Å². The SMILES string of the molecule is c1ccc(N(c2ccc(-c3cc(-n4c5ccccc5c5ccccc54)cc4c3sc3ccccc34)cc2)c2cccc3c2oc2ccccc23)cc1. The highest BCUT2D eigenvalue weighted by Gasteiger charge is 2.21. The Labute approximate surface area is 303 Å². The van der Waals surface area contributed by atoms with E-state index in [1.54, 1.807) is 0 Å². The van der Waals surface area contributed by atoms with Gasteiger partial charge in [-0.1, -0.05) is 115 Å². The topological polar surface area (TPSA) is 21.3 Å². The highest BCUT2D eigenvalue weighted by atomic mass is 32.1. The molecule has 0 saturated heterocycles. The Morgan fingerprint density at radius 2 is 1.08 bits per heavy atom. The van der Waals surface area contributed by atoms with E-state index < -0.39 is 0 Å². The average molecular weight is 683 g/mol. The quantitative estimate of drug-likeness (QED) is 0.180. The first-order valence-electron chi connectivity index (χ1n) is 17.6. The van der Waals surface area contributed by atoms with E-state index >= 15 is 0 Å². The first-order chi connectivity index (χ1) is 25.8. The average Bonchev–Trinajstić information content (AvgIpc) is 3.89. The first kappa shape index (κ1) is 29.1. The number of benzene rings is 8. The normalized spacial score (nSPS) is 11.8. The molecule has 11 rings (SSSR count). The molecular formula is C48H30N2OS. The molecule has 0 aliphatic carbocycles. The summed E-state index contributed by atoms with van der Waals surface area (Å²) < 4.78 is 11.6. The van der Waals surface area contributed by atoms with Gasteiger partial charge in [-0.3, -0.25) is 0 Å². The molecule has 0 aliphatic rings. The molecule has 52 heavy (non-hydrogen) atoms. The van der Waals surface area contributed by atoms with E-state index in [0.717, 1.165) is 44.7 Å². The van der Waals surface area contributed by atoms with Crippen LogP contribution in [0.2, 0.25) is 0 Å². The number of hydrogen-bond acceptors (Lipinski definition) is 3. The lowest BCUT2D eigenvalue weighted by atomic mass is 10.0. The van der Waals surface area contributed by atoms with Crippen LogP contribution in [0.3, 0.4) is 0 Å². The number of fused-ring (bicyclic) bond motifs is 9. The smallest absolute Gasteiger partial charge is 0.159 e. The zero-order chi connectivity index (χ0) is 34.2. The molecule has 0 unspecified atom stereocenters. The molecule has 11 aromatic rings. The van der Waals surface area contributed by atoms with Crippen LogP contribution in [0.4, 0.5) is 17.1 Å². The Balaban J connectivity index is 1.12. The van der Waals surface area contributed by atoms with Crippen LogP contribution in [0, 0.1) is 0 Å². The number of rotatable bonds is 5. The minimum Gasteiger partial charge on any atom is -0.454 e. The van der Waals surface area contributed by atoms with Crippen molar-refractivity contribution in [1.29, 1.82) is 0 Å². The summed E-state index contributed by atoms with van der Waals surface area (Å²) in [6.45, 7) is 0. The summed E-state index contributed by atoms with van der Waals surface area (Å²) in [5, 5.41) is 7.33. The van der Waals surface area contributed by atoms with Crippen LogP contribution in [-0.4, -0.2) is 4.57 Å². The lowest BCUT2D eigenvalue weighted by molar-refractivity contribution is 0.669. The molecule has 0 radical (unpaired) electrons. The molecule has 3 aromatic heterocycles. The minimum atomic E-state index is 0.877. The third-order valence-electron chi connectivity index (χ3n) is 10.4. The van der Waals surface area contributed by atoms with E-state index in [1.165, 1.54) is 53.1 Å². The molecule has 0 amide bonds. The zero-order valence-corrected chi connectivity index (χ0v) is 28.8. The molecule has 0 fully saturated rings. The molecule has 244 valence electrons. The number of hydrogen-bond donors (Lipinski definition) is 0. The van der Waals surface area contributed by atoms with Gasteiger partial charge in [0.1, 0.15) is 5.58 Å². The van der Waals surface area contributed by atoms with Crippen molar-refractivity contribution < 1.29 is 4.42 Å². The third kappa shape index (κ3) is 4.38. The van der Waals surface area contributed by atoms with Gasteiger partial charge in [0.05, 0.1) is 16.7 Å². The van der Waals surface area contributed by atoms with E-state index in [4.69, 9.17) is 4.42 Å². The van der Waals surface area contributed by atoms with Gasteiger partial charge < -0.3 is 13.9 Å². The largest absolute Gasteiger partial charge is 0.454 e. The van der Waals surface area contributed by atoms with Crippen LogP contribution in [0.1, 0.15) is 0 Å². The molecule has 4 heteroatoms. The van der Waals surface area contributed by atoms with Crippen LogP contribution in [0.15, 0.2) is 186 Å². The van der Waals surface area contributed by atoms with Crippen molar-refractivity contribution in [2.24, 2.45) is 0 Å². The number of thiophene rings is 1. The van der Waals surface area contributed by atoms with Gasteiger partial charge in [-0.05, 0) is 72.3 Å². The summed E-state index contributed by atoms with van der Waals surface area (Å²) in [6.07, 6.45) is 0. The molecule has 0 N–H and O–H groups in total. The maximum atomic E-state index is 6.54. The summed E-state index contributed by atoms with van der Waals surface area (Å²) in [6, 6.07) is 65.4. The fraction of sp³-hybridized carbons (Fsp3) is 0. The molecule has 0 spiro atoms. The highest BCUT2D eigenvalue weighted by molar-refractivity contribution is 7.26. The van der Waals surface area contributed by atoms with Gasteiger partial charge >= 0.3 is 0 Å². The second kappa shape index (κ2) is 11.5. The number of anilines is 3.